The third kappa shape index (κ3) is 3.61. The molecule has 2 amide bonds. The topological polar surface area (TPSA) is 79.6 Å². The van der Waals surface area contributed by atoms with E-state index in [2.05, 4.69) is 34.3 Å². The van der Waals surface area contributed by atoms with E-state index in [1.54, 1.807) is 16.2 Å². The van der Waals surface area contributed by atoms with Gasteiger partial charge < -0.3 is 9.80 Å². The van der Waals surface area contributed by atoms with E-state index in [1.165, 1.54) is 44.6 Å². The summed E-state index contributed by atoms with van der Waals surface area (Å²) in [6.07, 6.45) is 4.18. The van der Waals surface area contributed by atoms with Crippen molar-refractivity contribution in [2.24, 2.45) is 12.5 Å². The van der Waals surface area contributed by atoms with E-state index < -0.39 is 11.9 Å². The summed E-state index contributed by atoms with van der Waals surface area (Å²) in [5.74, 6) is -0.666. The molecule has 0 radical (unpaired) electrons. The number of imidazole rings is 1. The van der Waals surface area contributed by atoms with E-state index in [0.717, 1.165) is 24.0 Å². The number of imide groups is 1. The lowest BCUT2D eigenvalue weighted by molar-refractivity contribution is -0.135. The Kier molecular flexibility index (Phi) is 5.01. The van der Waals surface area contributed by atoms with Gasteiger partial charge in [-0.05, 0) is 68.9 Å². The Morgan fingerprint density at radius 3 is 2.52 bits per heavy atom. The van der Waals surface area contributed by atoms with Gasteiger partial charge in [0.25, 0.3) is 0 Å². The van der Waals surface area contributed by atoms with Crippen LogP contribution in [0.3, 0.4) is 0 Å². The summed E-state index contributed by atoms with van der Waals surface area (Å²) in [5.41, 5.74) is 3.11. The number of likely N-dealkylation sites (tertiary alicyclic amines) is 2. The second-order valence-electron chi connectivity index (χ2n) is 9.77. The number of aryl methyl sites for hydroxylation is 1. The van der Waals surface area contributed by atoms with Crippen LogP contribution in [-0.4, -0.2) is 70.5 Å². The van der Waals surface area contributed by atoms with Gasteiger partial charge in [0, 0.05) is 33.1 Å². The molecule has 4 heterocycles. The van der Waals surface area contributed by atoms with Gasteiger partial charge in [-0.2, -0.15) is 0 Å². The number of hydrogen-bond acceptors (Lipinski definition) is 5. The van der Waals surface area contributed by atoms with Gasteiger partial charge in [-0.1, -0.05) is 6.07 Å². The number of rotatable bonds is 4. The zero-order chi connectivity index (χ0) is 21.8. The summed E-state index contributed by atoms with van der Waals surface area (Å²) in [4.78, 5) is 41.7. The first-order valence-corrected chi connectivity index (χ1v) is 11.3. The van der Waals surface area contributed by atoms with Crippen molar-refractivity contribution >= 4 is 22.8 Å². The van der Waals surface area contributed by atoms with Crippen molar-refractivity contribution < 1.29 is 9.59 Å². The van der Waals surface area contributed by atoms with Crippen molar-refractivity contribution in [3.63, 3.8) is 0 Å². The molecule has 8 nitrogen and oxygen atoms in total. The van der Waals surface area contributed by atoms with Crippen molar-refractivity contribution in [1.82, 2.24) is 24.3 Å². The van der Waals surface area contributed by atoms with E-state index >= 15 is 0 Å². The third-order valence-corrected chi connectivity index (χ3v) is 7.56. The number of aromatic nitrogens is 2. The molecule has 31 heavy (non-hydrogen) atoms. The molecular weight excluding hydrogens is 394 g/mol. The predicted molar refractivity (Wildman–Crippen MR) is 118 cm³/mol. The minimum atomic E-state index is -0.633. The molecule has 1 spiro atoms. The van der Waals surface area contributed by atoms with Crippen LogP contribution in [0.1, 0.15) is 37.3 Å². The van der Waals surface area contributed by atoms with Gasteiger partial charge in [-0.25, -0.2) is 4.79 Å². The molecule has 3 fully saturated rings. The molecule has 3 aliphatic heterocycles. The number of carbonyl (C=O) groups is 2. The molecule has 1 N–H and O–H groups in total. The Labute approximate surface area is 181 Å². The van der Waals surface area contributed by atoms with Gasteiger partial charge >= 0.3 is 5.69 Å². The lowest BCUT2D eigenvalue weighted by Gasteiger charge is -2.54. The van der Waals surface area contributed by atoms with Gasteiger partial charge in [0.2, 0.25) is 11.8 Å². The molecule has 1 atom stereocenters. The molecule has 3 saturated heterocycles. The summed E-state index contributed by atoms with van der Waals surface area (Å²) < 4.78 is 3.15. The van der Waals surface area contributed by atoms with E-state index in [1.807, 2.05) is 6.07 Å². The van der Waals surface area contributed by atoms with Crippen molar-refractivity contribution in [3.05, 3.63) is 34.2 Å². The minimum Gasteiger partial charge on any atom is -0.306 e. The highest BCUT2D eigenvalue weighted by molar-refractivity contribution is 6.00. The summed E-state index contributed by atoms with van der Waals surface area (Å²) in [5, 5.41) is 2.36. The van der Waals surface area contributed by atoms with Crippen LogP contribution in [0.15, 0.2) is 23.0 Å². The number of benzene rings is 1. The van der Waals surface area contributed by atoms with Gasteiger partial charge in [0.05, 0.1) is 11.0 Å². The van der Waals surface area contributed by atoms with Crippen LogP contribution >= 0.6 is 0 Å². The largest absolute Gasteiger partial charge is 0.329 e. The van der Waals surface area contributed by atoms with E-state index in [4.69, 9.17) is 0 Å². The van der Waals surface area contributed by atoms with Gasteiger partial charge in [-0.15, -0.1) is 0 Å². The maximum absolute atomic E-state index is 12.9. The van der Waals surface area contributed by atoms with Crippen LogP contribution < -0.4 is 11.0 Å². The summed E-state index contributed by atoms with van der Waals surface area (Å²) in [7, 11) is 3.95. The summed E-state index contributed by atoms with van der Waals surface area (Å²) >= 11 is 0. The molecule has 1 unspecified atom stereocenters. The average molecular weight is 426 g/mol. The summed E-state index contributed by atoms with van der Waals surface area (Å²) in [6, 6.07) is 5.45. The van der Waals surface area contributed by atoms with Crippen LogP contribution in [-0.2, 0) is 23.1 Å². The van der Waals surface area contributed by atoms with Gasteiger partial charge in [-0.3, -0.25) is 24.0 Å². The lowest BCUT2D eigenvalue weighted by Crippen LogP contribution is -2.60. The minimum absolute atomic E-state index is 0.214. The highest BCUT2D eigenvalue weighted by atomic mass is 16.2. The Morgan fingerprint density at radius 2 is 1.81 bits per heavy atom. The second kappa shape index (κ2) is 7.60. The number of carbonyl (C=O) groups excluding carboxylic acids is 2. The van der Waals surface area contributed by atoms with E-state index in [9.17, 15) is 14.4 Å². The zero-order valence-electron chi connectivity index (χ0n) is 18.4. The molecular formula is C23H31N5O3. The van der Waals surface area contributed by atoms with Gasteiger partial charge in [0.15, 0.2) is 0 Å². The number of hydrogen-bond donors (Lipinski definition) is 1. The quantitative estimate of drug-likeness (QED) is 0.736. The standard InChI is InChI=1S/C23H31N5O3/c1-25-11-8-23(9-12-25)14-27(15-23)10-7-16-3-4-17-19(13-16)26(2)22(31)28(17)18-5-6-20(29)24-21(18)30/h3-4,13,18H,5-12,14-15H2,1-2H3,(H,24,29,30). The fourth-order valence-electron chi connectivity index (χ4n) is 5.55. The second-order valence-corrected chi connectivity index (χ2v) is 9.77. The normalized spacial score (nSPS) is 24.5. The SMILES string of the molecule is CN1CCC2(CC1)CN(CCc1ccc3c(c1)n(C)c(=O)n3C1CCC(=O)NC1=O)C2. The first-order chi connectivity index (χ1) is 14.8. The van der Waals surface area contributed by atoms with Crippen molar-refractivity contribution in [2.75, 3.05) is 39.8 Å². The number of piperidine rings is 2. The lowest BCUT2D eigenvalue weighted by atomic mass is 9.72. The number of amides is 2. The van der Waals surface area contributed by atoms with Crippen LogP contribution in [0.25, 0.3) is 11.0 Å². The Hall–Kier alpha value is -2.45. The molecule has 3 aliphatic rings. The monoisotopic (exact) mass is 425 g/mol. The molecule has 166 valence electrons. The highest BCUT2D eigenvalue weighted by Crippen LogP contribution is 2.40. The zero-order valence-corrected chi connectivity index (χ0v) is 18.4. The Morgan fingerprint density at radius 1 is 1.06 bits per heavy atom. The van der Waals surface area contributed by atoms with Crippen LogP contribution in [0.2, 0.25) is 0 Å². The third-order valence-electron chi connectivity index (χ3n) is 7.56. The van der Waals surface area contributed by atoms with E-state index in [0.29, 0.717) is 11.8 Å². The number of nitrogens with zero attached hydrogens (tertiary/aromatic N) is 4. The first kappa shape index (κ1) is 20.5. The maximum atomic E-state index is 12.9. The fourth-order valence-corrected chi connectivity index (χ4v) is 5.55. The number of nitrogens with one attached hydrogen (secondary N) is 1. The van der Waals surface area contributed by atoms with Gasteiger partial charge in [0.1, 0.15) is 6.04 Å². The molecule has 0 aliphatic carbocycles. The molecule has 8 heteroatoms. The summed E-state index contributed by atoms with van der Waals surface area (Å²) in [6.45, 7) is 5.86. The fraction of sp³-hybridized carbons (Fsp3) is 0.609. The average Bonchev–Trinajstić information content (AvgIpc) is 2.97. The smallest absolute Gasteiger partial charge is 0.306 e. The highest BCUT2D eigenvalue weighted by Gasteiger charge is 2.43. The molecule has 0 bridgehead atoms. The Balaban J connectivity index is 1.29. The van der Waals surface area contributed by atoms with Crippen molar-refractivity contribution in [2.45, 2.75) is 38.1 Å². The van der Waals surface area contributed by atoms with Crippen molar-refractivity contribution in [3.8, 4) is 0 Å². The molecule has 1 aromatic heterocycles. The van der Waals surface area contributed by atoms with Crippen molar-refractivity contribution in [1.29, 1.82) is 0 Å². The maximum Gasteiger partial charge on any atom is 0.329 e. The molecule has 0 saturated carbocycles. The Bertz CT molecular complexity index is 1080. The molecule has 5 rings (SSSR count). The number of fused-ring (bicyclic) bond motifs is 1. The molecule has 1 aromatic carbocycles. The van der Waals surface area contributed by atoms with Crippen LogP contribution in [0.5, 0.6) is 0 Å². The van der Waals surface area contributed by atoms with E-state index in [-0.39, 0.29) is 18.0 Å². The molecule has 2 aromatic rings. The first-order valence-electron chi connectivity index (χ1n) is 11.3. The predicted octanol–water partition coefficient (Wildman–Crippen LogP) is 0.888. The van der Waals surface area contributed by atoms with Crippen LogP contribution in [0, 0.1) is 5.41 Å². The van der Waals surface area contributed by atoms with Crippen LogP contribution in [0.4, 0.5) is 0 Å².